The summed E-state index contributed by atoms with van der Waals surface area (Å²) in [5, 5.41) is 0. The van der Waals surface area contributed by atoms with Crippen molar-refractivity contribution < 1.29 is 0 Å². The number of hydrogen-bond acceptors (Lipinski definition) is 3. The van der Waals surface area contributed by atoms with E-state index in [1.165, 1.54) is 12.7 Å². The van der Waals surface area contributed by atoms with E-state index in [0.29, 0.717) is 9.89 Å². The molecule has 1 fully saturated rings. The van der Waals surface area contributed by atoms with Gasteiger partial charge in [-0.3, -0.25) is 4.79 Å². The first-order valence-corrected chi connectivity index (χ1v) is 6.27. The minimum Gasteiger partial charge on any atom is -0.355 e. The first-order chi connectivity index (χ1) is 7.49. The Morgan fingerprint density at radius 2 is 2.31 bits per heavy atom. The average molecular weight is 286 g/mol. The lowest BCUT2D eigenvalue weighted by atomic mass is 9.84. The van der Waals surface area contributed by atoms with Crippen molar-refractivity contribution in [2.45, 2.75) is 26.7 Å². The molecule has 1 aromatic heterocycles. The Morgan fingerprint density at radius 3 is 3.00 bits per heavy atom. The van der Waals surface area contributed by atoms with Gasteiger partial charge in [0.2, 0.25) is 0 Å². The molecule has 0 saturated carbocycles. The molecule has 2 rings (SSSR count). The van der Waals surface area contributed by atoms with Crippen LogP contribution in [0.15, 0.2) is 15.6 Å². The van der Waals surface area contributed by atoms with Gasteiger partial charge in [0, 0.05) is 13.1 Å². The summed E-state index contributed by atoms with van der Waals surface area (Å²) in [7, 11) is 0. The Hall–Kier alpha value is -0.840. The Kier molecular flexibility index (Phi) is 3.06. The normalized spacial score (nSPS) is 19.8. The Labute approximate surface area is 103 Å². The molecule has 16 heavy (non-hydrogen) atoms. The number of nitrogens with zero attached hydrogens (tertiary/aromatic N) is 2. The van der Waals surface area contributed by atoms with Crippen molar-refractivity contribution in [3.8, 4) is 0 Å². The quantitative estimate of drug-likeness (QED) is 0.860. The Balaban J connectivity index is 2.31. The highest BCUT2D eigenvalue weighted by Crippen LogP contribution is 2.32. The van der Waals surface area contributed by atoms with Crippen LogP contribution in [0, 0.1) is 5.41 Å². The van der Waals surface area contributed by atoms with E-state index in [1.807, 2.05) is 0 Å². The number of aromatic amines is 1. The maximum atomic E-state index is 11.5. The molecule has 4 nitrogen and oxygen atoms in total. The summed E-state index contributed by atoms with van der Waals surface area (Å²) in [5.41, 5.74) is 0.176. The van der Waals surface area contributed by atoms with Crippen LogP contribution in [0.1, 0.15) is 26.7 Å². The molecule has 0 spiro atoms. The molecule has 1 aromatic rings. The summed E-state index contributed by atoms with van der Waals surface area (Å²) in [6, 6.07) is 0. The summed E-state index contributed by atoms with van der Waals surface area (Å²) in [6.07, 6.45) is 3.84. The number of anilines is 1. The first kappa shape index (κ1) is 11.6. The first-order valence-electron chi connectivity index (χ1n) is 5.48. The Morgan fingerprint density at radius 1 is 1.56 bits per heavy atom. The molecule has 88 valence electrons. The van der Waals surface area contributed by atoms with E-state index in [4.69, 9.17) is 0 Å². The summed E-state index contributed by atoms with van der Waals surface area (Å²) in [5.74, 6) is 0.761. The number of H-pyrrole nitrogens is 1. The molecule has 1 saturated heterocycles. The van der Waals surface area contributed by atoms with Crippen LogP contribution >= 0.6 is 15.9 Å². The molecule has 0 aromatic carbocycles. The maximum Gasteiger partial charge on any atom is 0.267 e. The highest BCUT2D eigenvalue weighted by Gasteiger charge is 2.28. The van der Waals surface area contributed by atoms with Gasteiger partial charge in [-0.2, -0.15) is 0 Å². The minimum absolute atomic E-state index is 0.117. The van der Waals surface area contributed by atoms with Gasteiger partial charge in [-0.15, -0.1) is 0 Å². The van der Waals surface area contributed by atoms with Crippen molar-refractivity contribution in [2.24, 2.45) is 5.41 Å². The van der Waals surface area contributed by atoms with Crippen LogP contribution in [0.2, 0.25) is 0 Å². The van der Waals surface area contributed by atoms with Crippen LogP contribution in [-0.4, -0.2) is 23.1 Å². The van der Waals surface area contributed by atoms with Gasteiger partial charge >= 0.3 is 0 Å². The van der Waals surface area contributed by atoms with Crippen molar-refractivity contribution >= 4 is 21.7 Å². The van der Waals surface area contributed by atoms with Crippen molar-refractivity contribution in [3.63, 3.8) is 0 Å². The lowest BCUT2D eigenvalue weighted by Gasteiger charge is -2.38. The number of nitrogens with one attached hydrogen (secondary N) is 1. The van der Waals surface area contributed by atoms with Gasteiger partial charge in [0.15, 0.2) is 0 Å². The van der Waals surface area contributed by atoms with E-state index >= 15 is 0 Å². The zero-order valence-corrected chi connectivity index (χ0v) is 11.2. The van der Waals surface area contributed by atoms with E-state index in [9.17, 15) is 4.79 Å². The highest BCUT2D eigenvalue weighted by atomic mass is 79.9. The number of hydrogen-bond donors (Lipinski definition) is 1. The fourth-order valence-electron chi connectivity index (χ4n) is 2.20. The molecule has 0 atom stereocenters. The molecule has 0 unspecified atom stereocenters. The minimum atomic E-state index is -0.117. The number of aromatic nitrogens is 2. The van der Waals surface area contributed by atoms with Crippen LogP contribution in [0.25, 0.3) is 0 Å². The molecule has 0 bridgehead atoms. The van der Waals surface area contributed by atoms with E-state index in [1.54, 1.807) is 0 Å². The smallest absolute Gasteiger partial charge is 0.267 e. The predicted octanol–water partition coefficient (Wildman–Crippen LogP) is 2.16. The highest BCUT2D eigenvalue weighted by molar-refractivity contribution is 9.10. The molecule has 2 heterocycles. The van der Waals surface area contributed by atoms with Crippen LogP contribution in [-0.2, 0) is 0 Å². The van der Waals surface area contributed by atoms with Gasteiger partial charge in [-0.05, 0) is 34.2 Å². The summed E-state index contributed by atoms with van der Waals surface area (Å²) in [6.45, 7) is 6.42. The standard InChI is InChI=1S/C11H16BrN3O/c1-11(2)4-3-5-15(6-11)9-8(12)10(16)14-7-13-9/h7H,3-6H2,1-2H3,(H,13,14,16). The third kappa shape index (κ3) is 2.29. The fraction of sp³-hybridized carbons (Fsp3) is 0.636. The fourth-order valence-corrected chi connectivity index (χ4v) is 2.67. The lowest BCUT2D eigenvalue weighted by Crippen LogP contribution is -2.41. The van der Waals surface area contributed by atoms with E-state index in [-0.39, 0.29) is 5.56 Å². The second kappa shape index (κ2) is 4.20. The number of piperidine rings is 1. The molecule has 0 radical (unpaired) electrons. The molecule has 1 aliphatic heterocycles. The van der Waals surface area contributed by atoms with E-state index in [0.717, 1.165) is 25.3 Å². The third-order valence-electron chi connectivity index (χ3n) is 2.98. The second-order valence-corrected chi connectivity index (χ2v) is 5.85. The molecule has 0 amide bonds. The number of rotatable bonds is 1. The summed E-state index contributed by atoms with van der Waals surface area (Å²) in [4.78, 5) is 20.5. The molecule has 5 heteroatoms. The molecule has 1 N–H and O–H groups in total. The van der Waals surface area contributed by atoms with Crippen molar-refractivity contribution in [1.29, 1.82) is 0 Å². The number of halogens is 1. The van der Waals surface area contributed by atoms with Crippen LogP contribution < -0.4 is 10.5 Å². The molecule has 0 aliphatic carbocycles. The zero-order valence-electron chi connectivity index (χ0n) is 9.59. The Bertz CT molecular complexity index is 441. The lowest BCUT2D eigenvalue weighted by molar-refractivity contribution is 0.292. The average Bonchev–Trinajstić information content (AvgIpc) is 2.20. The van der Waals surface area contributed by atoms with Gasteiger partial charge in [0.25, 0.3) is 5.56 Å². The van der Waals surface area contributed by atoms with Gasteiger partial charge in [-0.1, -0.05) is 13.8 Å². The molecule has 1 aliphatic rings. The largest absolute Gasteiger partial charge is 0.355 e. The van der Waals surface area contributed by atoms with E-state index < -0.39 is 0 Å². The van der Waals surface area contributed by atoms with Crippen LogP contribution in [0.5, 0.6) is 0 Å². The SMILES string of the molecule is CC1(C)CCCN(c2nc[nH]c(=O)c2Br)C1. The van der Waals surface area contributed by atoms with Crippen molar-refractivity contribution in [1.82, 2.24) is 9.97 Å². The van der Waals surface area contributed by atoms with Gasteiger partial charge < -0.3 is 9.88 Å². The maximum absolute atomic E-state index is 11.5. The topological polar surface area (TPSA) is 49.0 Å². The van der Waals surface area contributed by atoms with Crippen LogP contribution in [0.4, 0.5) is 5.82 Å². The second-order valence-electron chi connectivity index (χ2n) is 5.06. The van der Waals surface area contributed by atoms with Gasteiger partial charge in [0.05, 0.1) is 6.33 Å². The predicted molar refractivity (Wildman–Crippen MR) is 67.8 cm³/mol. The van der Waals surface area contributed by atoms with Crippen molar-refractivity contribution in [2.75, 3.05) is 18.0 Å². The summed E-state index contributed by atoms with van der Waals surface area (Å²) < 4.78 is 0.535. The zero-order chi connectivity index (χ0) is 11.8. The molecular weight excluding hydrogens is 270 g/mol. The third-order valence-corrected chi connectivity index (χ3v) is 3.69. The van der Waals surface area contributed by atoms with Crippen molar-refractivity contribution in [3.05, 3.63) is 21.2 Å². The van der Waals surface area contributed by atoms with Crippen LogP contribution in [0.3, 0.4) is 0 Å². The summed E-state index contributed by atoms with van der Waals surface area (Å²) >= 11 is 3.31. The monoisotopic (exact) mass is 285 g/mol. The van der Waals surface area contributed by atoms with Gasteiger partial charge in [-0.25, -0.2) is 4.98 Å². The van der Waals surface area contributed by atoms with Gasteiger partial charge in [0.1, 0.15) is 10.3 Å². The van der Waals surface area contributed by atoms with E-state index in [2.05, 4.69) is 44.6 Å². The molecular formula is C11H16BrN3O.